The molecule has 178 valence electrons. The molecule has 3 N–H and O–H groups in total. The SMILES string of the molecule is Cc1cc(OC(F)(F)F)ccc1[C@@H]1CNCCN1C(=O)[C@@H](Cc1ccccc1)[C@H](O)C(=O)O. The van der Waals surface area contributed by atoms with Gasteiger partial charge in [-0.1, -0.05) is 36.4 Å². The Labute approximate surface area is 188 Å². The van der Waals surface area contributed by atoms with Gasteiger partial charge in [0.1, 0.15) is 5.75 Å². The number of ether oxygens (including phenoxy) is 1. The highest BCUT2D eigenvalue weighted by molar-refractivity contribution is 5.86. The molecular weight excluding hydrogens is 441 g/mol. The second-order valence-corrected chi connectivity index (χ2v) is 7.90. The molecule has 10 heteroatoms. The van der Waals surface area contributed by atoms with Crippen molar-refractivity contribution in [3.05, 3.63) is 65.2 Å². The van der Waals surface area contributed by atoms with E-state index in [1.807, 2.05) is 0 Å². The average molecular weight is 466 g/mol. The number of alkyl halides is 3. The number of halogens is 3. The van der Waals surface area contributed by atoms with Gasteiger partial charge in [0.25, 0.3) is 0 Å². The second-order valence-electron chi connectivity index (χ2n) is 7.90. The molecule has 33 heavy (non-hydrogen) atoms. The van der Waals surface area contributed by atoms with E-state index in [9.17, 15) is 33.0 Å². The Morgan fingerprint density at radius 2 is 1.91 bits per heavy atom. The predicted octanol–water partition coefficient (Wildman–Crippen LogP) is 2.67. The third-order valence-electron chi connectivity index (χ3n) is 5.61. The summed E-state index contributed by atoms with van der Waals surface area (Å²) < 4.78 is 41.6. The molecule has 0 radical (unpaired) electrons. The van der Waals surface area contributed by atoms with E-state index in [-0.39, 0.29) is 18.7 Å². The van der Waals surface area contributed by atoms with Crippen molar-refractivity contribution in [2.45, 2.75) is 31.9 Å². The Morgan fingerprint density at radius 3 is 2.52 bits per heavy atom. The largest absolute Gasteiger partial charge is 0.573 e. The van der Waals surface area contributed by atoms with Gasteiger partial charge in [0.05, 0.1) is 12.0 Å². The smallest absolute Gasteiger partial charge is 0.479 e. The molecule has 2 aromatic rings. The van der Waals surface area contributed by atoms with E-state index >= 15 is 0 Å². The monoisotopic (exact) mass is 466 g/mol. The first-order valence-corrected chi connectivity index (χ1v) is 10.4. The molecule has 0 spiro atoms. The van der Waals surface area contributed by atoms with Crippen molar-refractivity contribution in [3.8, 4) is 5.75 Å². The maximum Gasteiger partial charge on any atom is 0.573 e. The molecule has 0 saturated carbocycles. The Bertz CT molecular complexity index is 984. The van der Waals surface area contributed by atoms with E-state index in [2.05, 4.69) is 10.1 Å². The summed E-state index contributed by atoms with van der Waals surface area (Å²) in [6, 6.07) is 12.1. The summed E-state index contributed by atoms with van der Waals surface area (Å²) in [5, 5.41) is 22.9. The summed E-state index contributed by atoms with van der Waals surface area (Å²) in [4.78, 5) is 26.5. The minimum absolute atomic E-state index is 0.0289. The van der Waals surface area contributed by atoms with Crippen LogP contribution in [0.1, 0.15) is 22.7 Å². The van der Waals surface area contributed by atoms with Gasteiger partial charge >= 0.3 is 12.3 Å². The molecule has 0 aliphatic carbocycles. The minimum Gasteiger partial charge on any atom is -0.479 e. The number of carbonyl (C=O) groups is 2. The highest BCUT2D eigenvalue weighted by Gasteiger charge is 2.39. The normalized spacial score (nSPS) is 18.5. The summed E-state index contributed by atoms with van der Waals surface area (Å²) in [7, 11) is 0. The molecule has 3 atom stereocenters. The van der Waals surface area contributed by atoms with Crippen molar-refractivity contribution < 1.29 is 37.7 Å². The van der Waals surface area contributed by atoms with Crippen molar-refractivity contribution in [2.24, 2.45) is 5.92 Å². The van der Waals surface area contributed by atoms with Crippen LogP contribution in [0.25, 0.3) is 0 Å². The first-order chi connectivity index (χ1) is 15.6. The van der Waals surface area contributed by atoms with Crippen molar-refractivity contribution in [3.63, 3.8) is 0 Å². The number of amides is 1. The van der Waals surface area contributed by atoms with E-state index in [0.717, 1.165) is 0 Å². The number of hydrogen-bond donors (Lipinski definition) is 3. The number of aliphatic hydroxyl groups excluding tert-OH is 1. The number of aliphatic carboxylic acids is 1. The number of aliphatic hydroxyl groups is 1. The van der Waals surface area contributed by atoms with Crippen LogP contribution in [-0.2, 0) is 16.0 Å². The van der Waals surface area contributed by atoms with Gasteiger partial charge in [-0.05, 0) is 42.2 Å². The van der Waals surface area contributed by atoms with Crippen molar-refractivity contribution in [1.29, 1.82) is 0 Å². The van der Waals surface area contributed by atoms with Crippen LogP contribution in [0.5, 0.6) is 5.75 Å². The molecule has 1 amide bonds. The third-order valence-corrected chi connectivity index (χ3v) is 5.61. The molecule has 2 aromatic carbocycles. The van der Waals surface area contributed by atoms with Crippen LogP contribution in [0.3, 0.4) is 0 Å². The zero-order valence-corrected chi connectivity index (χ0v) is 17.9. The Balaban J connectivity index is 1.89. The lowest BCUT2D eigenvalue weighted by Gasteiger charge is -2.39. The molecule has 0 bridgehead atoms. The highest BCUT2D eigenvalue weighted by atomic mass is 19.4. The molecular formula is C23H25F3N2O5. The van der Waals surface area contributed by atoms with Crippen molar-refractivity contribution >= 4 is 11.9 Å². The maximum absolute atomic E-state index is 13.5. The average Bonchev–Trinajstić information content (AvgIpc) is 2.76. The quantitative estimate of drug-likeness (QED) is 0.581. The van der Waals surface area contributed by atoms with Gasteiger partial charge in [0, 0.05) is 19.6 Å². The van der Waals surface area contributed by atoms with E-state index < -0.39 is 36.3 Å². The molecule has 1 fully saturated rings. The van der Waals surface area contributed by atoms with Gasteiger partial charge in [0.2, 0.25) is 5.91 Å². The highest BCUT2D eigenvalue weighted by Crippen LogP contribution is 2.32. The van der Waals surface area contributed by atoms with E-state index in [1.54, 1.807) is 37.3 Å². The number of hydrogen-bond acceptors (Lipinski definition) is 5. The summed E-state index contributed by atoms with van der Waals surface area (Å²) in [6.07, 6.45) is -6.70. The van der Waals surface area contributed by atoms with Gasteiger partial charge in [-0.3, -0.25) is 4.79 Å². The summed E-state index contributed by atoms with van der Waals surface area (Å²) in [5.74, 6) is -3.62. The van der Waals surface area contributed by atoms with Gasteiger partial charge in [0.15, 0.2) is 6.10 Å². The summed E-state index contributed by atoms with van der Waals surface area (Å²) in [6.45, 7) is 2.65. The fraction of sp³-hybridized carbons (Fsp3) is 0.391. The molecule has 1 aliphatic rings. The topological polar surface area (TPSA) is 99.1 Å². The van der Waals surface area contributed by atoms with Crippen LogP contribution in [0.2, 0.25) is 0 Å². The van der Waals surface area contributed by atoms with Crippen LogP contribution in [0.15, 0.2) is 48.5 Å². The van der Waals surface area contributed by atoms with Crippen LogP contribution < -0.4 is 10.1 Å². The lowest BCUT2D eigenvalue weighted by atomic mass is 9.90. The van der Waals surface area contributed by atoms with Gasteiger partial charge in [-0.25, -0.2) is 4.79 Å². The molecule has 7 nitrogen and oxygen atoms in total. The van der Waals surface area contributed by atoms with Gasteiger partial charge in [-0.15, -0.1) is 13.2 Å². The molecule has 1 saturated heterocycles. The number of nitrogens with one attached hydrogen (secondary N) is 1. The summed E-state index contributed by atoms with van der Waals surface area (Å²) in [5.41, 5.74) is 1.79. The number of aryl methyl sites for hydroxylation is 1. The van der Waals surface area contributed by atoms with Gasteiger partial charge in [-0.2, -0.15) is 0 Å². The zero-order valence-electron chi connectivity index (χ0n) is 17.9. The standard InChI is InChI=1S/C23H25F3N2O5/c1-14-11-16(33-23(24,25)26)7-8-17(14)19-13-27-9-10-28(19)21(30)18(20(29)22(31)32)12-15-5-3-2-4-6-15/h2-8,11,18-20,27,29H,9-10,12-13H2,1H3,(H,31,32)/t18-,19-,20-/m0/s1. The first-order valence-electron chi connectivity index (χ1n) is 10.4. The van der Waals surface area contributed by atoms with Crippen LogP contribution >= 0.6 is 0 Å². The molecule has 3 rings (SSSR count). The Kier molecular flexibility index (Phi) is 7.60. The number of benzene rings is 2. The first kappa shape index (κ1) is 24.5. The molecule has 0 aromatic heterocycles. The van der Waals surface area contributed by atoms with E-state index in [1.165, 1.54) is 23.1 Å². The molecule has 1 aliphatic heterocycles. The number of carboxylic acids is 1. The molecule has 1 heterocycles. The molecule has 0 unspecified atom stereocenters. The fourth-order valence-corrected chi connectivity index (χ4v) is 4.05. The number of carboxylic acid groups (broad SMARTS) is 1. The van der Waals surface area contributed by atoms with Crippen molar-refractivity contribution in [2.75, 3.05) is 19.6 Å². The van der Waals surface area contributed by atoms with Crippen LogP contribution in [-0.4, -0.2) is 59.1 Å². The number of rotatable bonds is 7. The minimum atomic E-state index is -4.82. The van der Waals surface area contributed by atoms with Crippen molar-refractivity contribution in [1.82, 2.24) is 10.2 Å². The van der Waals surface area contributed by atoms with E-state index in [4.69, 9.17) is 0 Å². The van der Waals surface area contributed by atoms with E-state index in [0.29, 0.717) is 29.8 Å². The predicted molar refractivity (Wildman–Crippen MR) is 112 cm³/mol. The number of carbonyl (C=O) groups excluding carboxylic acids is 1. The zero-order chi connectivity index (χ0) is 24.2. The van der Waals surface area contributed by atoms with Gasteiger partial charge < -0.3 is 25.2 Å². The third kappa shape index (κ3) is 6.23. The Hall–Kier alpha value is -3.11. The lowest BCUT2D eigenvalue weighted by molar-refractivity contribution is -0.274. The van der Waals surface area contributed by atoms with Crippen LogP contribution in [0, 0.1) is 12.8 Å². The maximum atomic E-state index is 13.5. The number of piperazine rings is 1. The van der Waals surface area contributed by atoms with Crippen LogP contribution in [0.4, 0.5) is 13.2 Å². The Morgan fingerprint density at radius 1 is 1.21 bits per heavy atom. The fourth-order valence-electron chi connectivity index (χ4n) is 4.05. The summed E-state index contributed by atoms with van der Waals surface area (Å²) >= 11 is 0. The number of nitrogens with zero attached hydrogens (tertiary/aromatic N) is 1. The second kappa shape index (κ2) is 10.2. The lowest BCUT2D eigenvalue weighted by Crippen LogP contribution is -2.53.